The molecule has 1 aromatic heterocycles. The summed E-state index contributed by atoms with van der Waals surface area (Å²) in [6, 6.07) is 8.39. The molecule has 0 aliphatic heterocycles. The molecule has 1 heterocycles. The van der Waals surface area contributed by atoms with E-state index in [9.17, 15) is 4.79 Å². The molecular weight excluding hydrogens is 280 g/mol. The number of benzene rings is 1. The minimum Gasteiger partial charge on any atom is -0.296 e. The van der Waals surface area contributed by atoms with Gasteiger partial charge in [0.25, 0.3) is 0 Å². The van der Waals surface area contributed by atoms with Gasteiger partial charge >= 0.3 is 0 Å². The highest BCUT2D eigenvalue weighted by atomic mass is 35.5. The van der Waals surface area contributed by atoms with Crippen molar-refractivity contribution in [3.8, 4) is 11.1 Å². The molecule has 2 aromatic rings. The van der Waals surface area contributed by atoms with Crippen LogP contribution in [0.25, 0.3) is 11.1 Å². The Labute approximate surface area is 113 Å². The van der Waals surface area contributed by atoms with Gasteiger partial charge in [0, 0.05) is 15.6 Å². The first kappa shape index (κ1) is 12.4. The Hall–Kier alpha value is -1.09. The fraction of sp³-hybridized carbons (Fsp3) is 0. The molecule has 0 atom stereocenters. The Morgan fingerprint density at radius 3 is 2.18 bits per heavy atom. The fourth-order valence-electron chi connectivity index (χ4n) is 1.44. The van der Waals surface area contributed by atoms with Crippen LogP contribution in [0.3, 0.4) is 0 Å². The summed E-state index contributed by atoms with van der Waals surface area (Å²) in [4.78, 5) is 14.5. The summed E-state index contributed by atoms with van der Waals surface area (Å²) in [5.41, 5.74) is 1.73. The van der Waals surface area contributed by atoms with Crippen LogP contribution in [0.2, 0.25) is 15.2 Å². The highest BCUT2D eigenvalue weighted by molar-refractivity contribution is 6.35. The van der Waals surface area contributed by atoms with Crippen LogP contribution >= 0.6 is 34.8 Å². The molecule has 0 unspecified atom stereocenters. The Kier molecular flexibility index (Phi) is 3.67. The van der Waals surface area contributed by atoms with Gasteiger partial charge in [0.1, 0.15) is 10.8 Å². The maximum Gasteiger partial charge on any atom is 0.168 e. The van der Waals surface area contributed by atoms with Crippen molar-refractivity contribution in [1.82, 2.24) is 4.98 Å². The van der Waals surface area contributed by atoms with Crippen molar-refractivity contribution in [2.45, 2.75) is 0 Å². The molecule has 0 amide bonds. The van der Waals surface area contributed by atoms with Crippen molar-refractivity contribution in [3.05, 3.63) is 51.2 Å². The third-order valence-electron chi connectivity index (χ3n) is 2.16. The third kappa shape index (κ3) is 2.78. The maximum atomic E-state index is 10.6. The van der Waals surface area contributed by atoms with Crippen molar-refractivity contribution in [2.24, 2.45) is 0 Å². The molecule has 86 valence electrons. The summed E-state index contributed by atoms with van der Waals surface area (Å²) >= 11 is 17.8. The highest BCUT2D eigenvalue weighted by Gasteiger charge is 2.07. The molecule has 2 nitrogen and oxygen atoms in total. The molecule has 0 radical (unpaired) electrons. The van der Waals surface area contributed by atoms with Crippen molar-refractivity contribution in [3.63, 3.8) is 0 Å². The Morgan fingerprint density at radius 1 is 1.00 bits per heavy atom. The molecule has 17 heavy (non-hydrogen) atoms. The SMILES string of the molecule is O=Cc1ccc(-c2cc(Cl)cc(Cl)c2)c(Cl)n1. The molecule has 5 heteroatoms. The summed E-state index contributed by atoms with van der Waals surface area (Å²) in [6.07, 6.45) is 0.639. The van der Waals surface area contributed by atoms with Gasteiger partial charge in [0.15, 0.2) is 6.29 Å². The van der Waals surface area contributed by atoms with Gasteiger partial charge < -0.3 is 0 Å². The molecule has 1 aromatic carbocycles. The second-order valence-corrected chi connectivity index (χ2v) is 4.58. The van der Waals surface area contributed by atoms with Crippen molar-refractivity contribution in [2.75, 3.05) is 0 Å². The van der Waals surface area contributed by atoms with Crippen molar-refractivity contribution >= 4 is 41.1 Å². The predicted octanol–water partition coefficient (Wildman–Crippen LogP) is 4.52. The van der Waals surface area contributed by atoms with E-state index in [1.54, 1.807) is 30.3 Å². The van der Waals surface area contributed by atoms with Gasteiger partial charge in [-0.05, 0) is 35.9 Å². The van der Waals surface area contributed by atoms with E-state index in [0.29, 0.717) is 21.9 Å². The molecule has 0 saturated carbocycles. The van der Waals surface area contributed by atoms with Crippen LogP contribution in [0.4, 0.5) is 0 Å². The fourth-order valence-corrected chi connectivity index (χ4v) is 2.23. The first-order valence-corrected chi connectivity index (χ1v) is 5.82. The smallest absolute Gasteiger partial charge is 0.168 e. The summed E-state index contributed by atoms with van der Waals surface area (Å²) in [5, 5.41) is 1.28. The lowest BCUT2D eigenvalue weighted by molar-refractivity contribution is 0.111. The number of aldehydes is 1. The molecule has 0 saturated heterocycles. The van der Waals surface area contributed by atoms with Crippen LogP contribution in [0.5, 0.6) is 0 Å². The van der Waals surface area contributed by atoms with Gasteiger partial charge in [-0.2, -0.15) is 0 Å². The average Bonchev–Trinajstić information content (AvgIpc) is 2.27. The Bertz CT molecular complexity index is 564. The zero-order valence-corrected chi connectivity index (χ0v) is 10.7. The molecule has 0 N–H and O–H groups in total. The lowest BCUT2D eigenvalue weighted by Gasteiger charge is -2.05. The normalized spacial score (nSPS) is 10.3. The van der Waals surface area contributed by atoms with Crippen LogP contribution in [0, 0.1) is 0 Å². The van der Waals surface area contributed by atoms with Crippen LogP contribution in [0.15, 0.2) is 30.3 Å². The first-order valence-electron chi connectivity index (χ1n) is 4.68. The van der Waals surface area contributed by atoms with Crippen LogP contribution in [-0.4, -0.2) is 11.3 Å². The van der Waals surface area contributed by atoms with Gasteiger partial charge in [-0.3, -0.25) is 4.79 Å². The van der Waals surface area contributed by atoms with E-state index in [1.165, 1.54) is 0 Å². The molecule has 0 aliphatic carbocycles. The quantitative estimate of drug-likeness (QED) is 0.600. The topological polar surface area (TPSA) is 30.0 Å². The number of nitrogens with zero attached hydrogens (tertiary/aromatic N) is 1. The molecular formula is C12H6Cl3NO. The lowest BCUT2D eigenvalue weighted by atomic mass is 10.1. The lowest BCUT2D eigenvalue weighted by Crippen LogP contribution is -1.89. The predicted molar refractivity (Wildman–Crippen MR) is 70.1 cm³/mol. The van der Waals surface area contributed by atoms with E-state index in [1.807, 2.05) is 0 Å². The summed E-state index contributed by atoms with van der Waals surface area (Å²) in [6.45, 7) is 0. The number of carbonyl (C=O) groups excluding carboxylic acids is 1. The summed E-state index contributed by atoms with van der Waals surface area (Å²) in [7, 11) is 0. The number of carbonyl (C=O) groups is 1. The largest absolute Gasteiger partial charge is 0.296 e. The first-order chi connectivity index (χ1) is 8.10. The van der Waals surface area contributed by atoms with Gasteiger partial charge in [0.2, 0.25) is 0 Å². The van der Waals surface area contributed by atoms with Gasteiger partial charge in [-0.25, -0.2) is 4.98 Å². The number of pyridine rings is 1. The number of hydrogen-bond acceptors (Lipinski definition) is 2. The molecule has 0 spiro atoms. The maximum absolute atomic E-state index is 10.6. The van der Waals surface area contributed by atoms with Gasteiger partial charge in [0.05, 0.1) is 0 Å². The van der Waals surface area contributed by atoms with E-state index in [2.05, 4.69) is 4.98 Å². The van der Waals surface area contributed by atoms with E-state index in [0.717, 1.165) is 5.56 Å². The van der Waals surface area contributed by atoms with E-state index < -0.39 is 0 Å². The van der Waals surface area contributed by atoms with Gasteiger partial charge in [-0.15, -0.1) is 0 Å². The van der Waals surface area contributed by atoms with Crippen LogP contribution in [-0.2, 0) is 0 Å². The minimum absolute atomic E-state index is 0.243. The zero-order valence-electron chi connectivity index (χ0n) is 8.45. The zero-order chi connectivity index (χ0) is 12.4. The number of hydrogen-bond donors (Lipinski definition) is 0. The Balaban J connectivity index is 2.56. The molecule has 0 fully saturated rings. The van der Waals surface area contributed by atoms with Crippen LogP contribution in [0.1, 0.15) is 10.5 Å². The number of aromatic nitrogens is 1. The number of rotatable bonds is 2. The molecule has 0 bridgehead atoms. The number of halogens is 3. The van der Waals surface area contributed by atoms with Gasteiger partial charge in [-0.1, -0.05) is 34.8 Å². The van der Waals surface area contributed by atoms with E-state index in [-0.39, 0.29) is 10.8 Å². The van der Waals surface area contributed by atoms with Crippen LogP contribution < -0.4 is 0 Å². The monoisotopic (exact) mass is 285 g/mol. The second-order valence-electron chi connectivity index (χ2n) is 3.35. The molecule has 2 rings (SSSR count). The minimum atomic E-state index is 0.243. The van der Waals surface area contributed by atoms with Crippen molar-refractivity contribution in [1.29, 1.82) is 0 Å². The molecule has 0 aliphatic rings. The standard InChI is InChI=1S/C12H6Cl3NO/c13-8-3-7(4-9(14)5-8)11-2-1-10(6-17)16-12(11)15/h1-6H. The summed E-state index contributed by atoms with van der Waals surface area (Å²) < 4.78 is 0. The highest BCUT2D eigenvalue weighted by Crippen LogP contribution is 2.31. The van der Waals surface area contributed by atoms with E-state index >= 15 is 0 Å². The second kappa shape index (κ2) is 5.05. The van der Waals surface area contributed by atoms with E-state index in [4.69, 9.17) is 34.8 Å². The summed E-state index contributed by atoms with van der Waals surface area (Å²) in [5.74, 6) is 0. The van der Waals surface area contributed by atoms with Crippen molar-refractivity contribution < 1.29 is 4.79 Å². The third-order valence-corrected chi connectivity index (χ3v) is 2.89. The average molecular weight is 287 g/mol. The Morgan fingerprint density at radius 2 is 1.65 bits per heavy atom.